The van der Waals surface area contributed by atoms with E-state index in [4.69, 9.17) is 22.1 Å². The molecule has 2 amide bonds. The van der Waals surface area contributed by atoms with Crippen LogP contribution in [0.3, 0.4) is 0 Å². The number of nitrogens with zero attached hydrogens (tertiary/aromatic N) is 1. The number of fused-ring (bicyclic) bond motifs is 1. The predicted octanol–water partition coefficient (Wildman–Crippen LogP) is 5.52. The first-order valence-electron chi connectivity index (χ1n) is 11.9. The van der Waals surface area contributed by atoms with Crippen molar-refractivity contribution in [2.75, 3.05) is 12.4 Å². The van der Waals surface area contributed by atoms with E-state index in [0.717, 1.165) is 17.7 Å². The van der Waals surface area contributed by atoms with E-state index in [9.17, 15) is 27.6 Å². The molecule has 0 saturated carbocycles. The maximum absolute atomic E-state index is 13.1. The van der Waals surface area contributed by atoms with Crippen LogP contribution in [-0.4, -0.2) is 35.1 Å². The minimum absolute atomic E-state index is 0.177. The average Bonchev–Trinajstić information content (AvgIpc) is 2.90. The summed E-state index contributed by atoms with van der Waals surface area (Å²) in [5, 5.41) is 0. The SMILES string of the molecule is NC(=O)C1c2ccc(OC(=O)c3ccccc3-c3ccc(C(F)(F)F)cc3)cc2CCN1C(=O)CCCCl. The first-order chi connectivity index (χ1) is 18.1. The fourth-order valence-electron chi connectivity index (χ4n) is 4.52. The number of esters is 1. The van der Waals surface area contributed by atoms with Gasteiger partial charge in [-0.15, -0.1) is 11.6 Å². The van der Waals surface area contributed by atoms with Crippen molar-refractivity contribution in [2.45, 2.75) is 31.5 Å². The average molecular weight is 545 g/mol. The van der Waals surface area contributed by atoms with Crippen molar-refractivity contribution >= 4 is 29.4 Å². The van der Waals surface area contributed by atoms with Crippen molar-refractivity contribution in [3.05, 3.63) is 89.0 Å². The predicted molar refractivity (Wildman–Crippen MR) is 136 cm³/mol. The molecule has 0 aliphatic carbocycles. The van der Waals surface area contributed by atoms with Crippen molar-refractivity contribution in [3.63, 3.8) is 0 Å². The summed E-state index contributed by atoms with van der Waals surface area (Å²) in [6.45, 7) is 0.274. The molecule has 0 spiro atoms. The van der Waals surface area contributed by atoms with Crippen molar-refractivity contribution in [2.24, 2.45) is 5.73 Å². The molecule has 1 unspecified atom stereocenters. The number of amides is 2. The zero-order valence-corrected chi connectivity index (χ0v) is 20.9. The maximum atomic E-state index is 13.1. The molecule has 0 saturated heterocycles. The van der Waals surface area contributed by atoms with E-state index in [0.29, 0.717) is 35.4 Å². The fraction of sp³-hybridized carbons (Fsp3) is 0.250. The number of carbonyl (C=O) groups excluding carboxylic acids is 3. The molecule has 6 nitrogen and oxygen atoms in total. The van der Waals surface area contributed by atoms with Crippen LogP contribution in [0, 0.1) is 0 Å². The fourth-order valence-corrected chi connectivity index (χ4v) is 4.65. The lowest BCUT2D eigenvalue weighted by Gasteiger charge is -2.35. The van der Waals surface area contributed by atoms with Gasteiger partial charge in [0.2, 0.25) is 11.8 Å². The van der Waals surface area contributed by atoms with Gasteiger partial charge >= 0.3 is 12.1 Å². The number of benzene rings is 3. The van der Waals surface area contributed by atoms with Crippen molar-refractivity contribution in [3.8, 4) is 16.9 Å². The number of alkyl halides is 4. The zero-order chi connectivity index (χ0) is 27.4. The molecule has 3 aromatic carbocycles. The van der Waals surface area contributed by atoms with Crippen LogP contribution in [-0.2, 0) is 22.2 Å². The number of nitrogens with two attached hydrogens (primary N) is 1. The third-order valence-electron chi connectivity index (χ3n) is 6.34. The molecule has 1 heterocycles. The quantitative estimate of drug-likeness (QED) is 0.241. The summed E-state index contributed by atoms with van der Waals surface area (Å²) < 4.78 is 44.4. The summed E-state index contributed by atoms with van der Waals surface area (Å²) >= 11 is 5.69. The van der Waals surface area contributed by atoms with Crippen LogP contribution in [0.15, 0.2) is 66.7 Å². The molecule has 0 fully saturated rings. The molecular formula is C28H24ClF3N2O4. The number of primary amides is 1. The lowest BCUT2D eigenvalue weighted by Crippen LogP contribution is -2.45. The van der Waals surface area contributed by atoms with E-state index in [1.165, 1.54) is 29.2 Å². The molecule has 0 bridgehead atoms. The van der Waals surface area contributed by atoms with Gasteiger partial charge in [0.25, 0.3) is 0 Å². The Labute approximate surface area is 222 Å². The molecule has 3 aromatic rings. The number of ether oxygens (including phenoxy) is 1. The van der Waals surface area contributed by atoms with E-state index in [2.05, 4.69) is 0 Å². The number of hydrogen-bond acceptors (Lipinski definition) is 4. The molecule has 198 valence electrons. The van der Waals surface area contributed by atoms with Crippen molar-refractivity contribution in [1.82, 2.24) is 4.90 Å². The Morgan fingerprint density at radius 3 is 2.39 bits per heavy atom. The van der Waals surface area contributed by atoms with Crippen LogP contribution in [0.2, 0.25) is 0 Å². The van der Waals surface area contributed by atoms with Crippen molar-refractivity contribution < 1.29 is 32.3 Å². The standard InChI is InChI=1S/C28H24ClF3N2O4/c29-14-3-6-24(35)34-15-13-18-16-20(11-12-22(18)25(34)26(33)36)38-27(37)23-5-2-1-4-21(23)17-7-9-19(10-8-17)28(30,31)32/h1-2,4-5,7-12,16,25H,3,6,13-15H2,(H2,33,36). The Bertz CT molecular complexity index is 1360. The third-order valence-corrected chi connectivity index (χ3v) is 6.60. The van der Waals surface area contributed by atoms with Gasteiger partial charge in [0.15, 0.2) is 0 Å². The third kappa shape index (κ3) is 5.83. The highest BCUT2D eigenvalue weighted by Crippen LogP contribution is 2.34. The molecule has 0 aromatic heterocycles. The second-order valence-corrected chi connectivity index (χ2v) is 9.18. The van der Waals surface area contributed by atoms with E-state index in [1.807, 2.05) is 0 Å². The van der Waals surface area contributed by atoms with E-state index >= 15 is 0 Å². The highest BCUT2D eigenvalue weighted by molar-refractivity contribution is 6.17. The number of carbonyl (C=O) groups is 3. The van der Waals surface area contributed by atoms with E-state index in [1.54, 1.807) is 30.3 Å². The smallest absolute Gasteiger partial charge is 0.416 e. The van der Waals surface area contributed by atoms with Gasteiger partial charge in [0.1, 0.15) is 11.8 Å². The van der Waals surface area contributed by atoms with Gasteiger partial charge in [-0.25, -0.2) is 4.79 Å². The number of hydrogen-bond donors (Lipinski definition) is 1. The summed E-state index contributed by atoms with van der Waals surface area (Å²) in [6, 6.07) is 14.8. The van der Waals surface area contributed by atoms with Gasteiger partial charge in [-0.05, 0) is 65.4 Å². The van der Waals surface area contributed by atoms with Crippen molar-refractivity contribution in [1.29, 1.82) is 0 Å². The second kappa shape index (κ2) is 11.3. The van der Waals surface area contributed by atoms with Crippen LogP contribution in [0.1, 0.15) is 45.9 Å². The molecule has 10 heteroatoms. The summed E-state index contributed by atoms with van der Waals surface area (Å²) in [4.78, 5) is 39.4. The Morgan fingerprint density at radius 2 is 1.74 bits per heavy atom. The highest BCUT2D eigenvalue weighted by atomic mass is 35.5. The van der Waals surface area contributed by atoms with Crippen LogP contribution >= 0.6 is 11.6 Å². The maximum Gasteiger partial charge on any atom is 0.416 e. The second-order valence-electron chi connectivity index (χ2n) is 8.81. The molecule has 1 atom stereocenters. The summed E-state index contributed by atoms with van der Waals surface area (Å²) in [6.07, 6.45) is -3.35. The Hall–Kier alpha value is -3.85. The number of rotatable bonds is 7. The van der Waals surface area contributed by atoms with E-state index in [-0.39, 0.29) is 30.2 Å². The van der Waals surface area contributed by atoms with Crippen LogP contribution in [0.25, 0.3) is 11.1 Å². The molecule has 38 heavy (non-hydrogen) atoms. The van der Waals surface area contributed by atoms with Crippen LogP contribution in [0.4, 0.5) is 13.2 Å². The lowest BCUT2D eigenvalue weighted by molar-refractivity contribution is -0.140. The molecule has 0 radical (unpaired) electrons. The van der Waals surface area contributed by atoms with Gasteiger partial charge in [-0.2, -0.15) is 13.2 Å². The molecule has 2 N–H and O–H groups in total. The number of halogens is 4. The first-order valence-corrected chi connectivity index (χ1v) is 12.4. The molecular weight excluding hydrogens is 521 g/mol. The minimum Gasteiger partial charge on any atom is -0.423 e. The van der Waals surface area contributed by atoms with Gasteiger partial charge in [0.05, 0.1) is 11.1 Å². The minimum atomic E-state index is -4.47. The van der Waals surface area contributed by atoms with Gasteiger partial charge < -0.3 is 15.4 Å². The molecule has 4 rings (SSSR count). The molecule has 1 aliphatic heterocycles. The Kier molecular flexibility index (Phi) is 8.06. The Morgan fingerprint density at radius 1 is 1.03 bits per heavy atom. The van der Waals surface area contributed by atoms with Gasteiger partial charge in [0, 0.05) is 18.8 Å². The summed E-state index contributed by atoms with van der Waals surface area (Å²) in [7, 11) is 0. The topological polar surface area (TPSA) is 89.7 Å². The van der Waals surface area contributed by atoms with Gasteiger partial charge in [-0.1, -0.05) is 36.4 Å². The highest BCUT2D eigenvalue weighted by Gasteiger charge is 2.35. The van der Waals surface area contributed by atoms with Crippen LogP contribution in [0.5, 0.6) is 5.75 Å². The normalized spacial score (nSPS) is 15.1. The summed E-state index contributed by atoms with van der Waals surface area (Å²) in [5.74, 6) is -1.02. The van der Waals surface area contributed by atoms with Crippen LogP contribution < -0.4 is 10.5 Å². The Balaban J connectivity index is 1.57. The molecule has 1 aliphatic rings. The summed E-state index contributed by atoms with van der Waals surface area (Å²) in [5.41, 5.74) is 7.15. The lowest BCUT2D eigenvalue weighted by atomic mass is 9.91. The van der Waals surface area contributed by atoms with E-state index < -0.39 is 29.7 Å². The first kappa shape index (κ1) is 27.2. The van der Waals surface area contributed by atoms with Gasteiger partial charge in [-0.3, -0.25) is 9.59 Å². The monoisotopic (exact) mass is 544 g/mol. The zero-order valence-electron chi connectivity index (χ0n) is 20.1. The largest absolute Gasteiger partial charge is 0.423 e.